The number of ketones is 1. The van der Waals surface area contributed by atoms with E-state index < -0.39 is 0 Å². The summed E-state index contributed by atoms with van der Waals surface area (Å²) in [6, 6.07) is 0.220. The van der Waals surface area contributed by atoms with Crippen molar-refractivity contribution in [3.63, 3.8) is 0 Å². The summed E-state index contributed by atoms with van der Waals surface area (Å²) in [4.78, 5) is 32.8. The molecule has 2 amide bonds. The average molecular weight is 235 g/mol. The van der Waals surface area contributed by atoms with Gasteiger partial charge in [-0.05, 0) is 6.92 Å². The summed E-state index contributed by atoms with van der Waals surface area (Å²) in [5, 5.41) is 7.74. The zero-order valence-corrected chi connectivity index (χ0v) is 9.92. The fraction of sp³-hybridized carbons (Fsp3) is 0.700. The molecule has 6 heteroatoms. The molecule has 0 rings (SSSR count). The van der Waals surface area contributed by atoms with Crippen molar-refractivity contribution in [2.75, 3.05) is 19.6 Å². The Bertz CT molecular complexity index is 276. The van der Waals surface area contributed by atoms with Gasteiger partial charge in [-0.3, -0.25) is 14.4 Å². The van der Waals surface area contributed by atoms with Crippen LogP contribution < -0.4 is 16.0 Å². The first-order chi connectivity index (χ1) is 7.41. The van der Waals surface area contributed by atoms with Crippen LogP contribution in [0.1, 0.15) is 25.1 Å². The maximum Gasteiger partial charge on any atom is 0.239 e. The second kappa shape index (κ2) is 7.81. The van der Waals surface area contributed by atoms with E-state index in [0.29, 0.717) is 0 Å². The Balaban J connectivity index is -0.000000375. The molecule has 0 aromatic carbocycles. The highest BCUT2D eigenvalue weighted by Crippen LogP contribution is 1.75. The molecular weight excluding hydrogens is 210 g/mol. The van der Waals surface area contributed by atoms with E-state index in [-0.39, 0.29) is 47.6 Å². The third-order valence-corrected chi connectivity index (χ3v) is 1.65. The molecule has 0 atom stereocenters. The Kier molecular flexibility index (Phi) is 7.11. The third-order valence-electron chi connectivity index (χ3n) is 1.65. The highest BCUT2D eigenvalue weighted by Gasteiger charge is 2.05. The molecule has 0 spiro atoms. The fourth-order valence-electron chi connectivity index (χ4n) is 0.824. The monoisotopic (exact) mass is 235 g/mol. The summed E-state index contributed by atoms with van der Waals surface area (Å²) in [6.07, 6.45) is 0. The quantitative estimate of drug-likeness (QED) is 0.557. The van der Waals surface area contributed by atoms with E-state index in [1.54, 1.807) is 0 Å². The van der Waals surface area contributed by atoms with Crippen LogP contribution in [0.15, 0.2) is 0 Å². The van der Waals surface area contributed by atoms with E-state index in [0.717, 1.165) is 0 Å². The summed E-state index contributed by atoms with van der Waals surface area (Å²) in [7, 11) is 0. The molecular formula is C10H25N3O3. The normalized spacial score (nSPS) is 10.0. The van der Waals surface area contributed by atoms with Crippen LogP contribution in [0.25, 0.3) is 0 Å². The lowest BCUT2D eigenvalue weighted by molar-refractivity contribution is -0.126. The van der Waals surface area contributed by atoms with Gasteiger partial charge in [-0.15, -0.1) is 0 Å². The van der Waals surface area contributed by atoms with Crippen LogP contribution in [0, 0.1) is 0 Å². The van der Waals surface area contributed by atoms with Crippen molar-refractivity contribution in [3.05, 3.63) is 0 Å². The van der Waals surface area contributed by atoms with Crippen LogP contribution in [-0.4, -0.2) is 43.3 Å². The summed E-state index contributed by atoms with van der Waals surface area (Å²) in [6.45, 7) is 5.30. The van der Waals surface area contributed by atoms with Crippen LogP contribution in [0.2, 0.25) is 0 Å². The lowest BCUT2D eigenvalue weighted by Gasteiger charge is -2.08. The first-order valence-corrected chi connectivity index (χ1v) is 5.18. The van der Waals surface area contributed by atoms with E-state index in [1.165, 1.54) is 6.92 Å². The molecule has 0 aliphatic heterocycles. The largest absolute Gasteiger partial charge is 0.348 e. The molecule has 0 aromatic rings. The number of hydrogen-bond acceptors (Lipinski definition) is 4. The number of rotatable bonds is 7. The Morgan fingerprint density at radius 2 is 1.50 bits per heavy atom. The van der Waals surface area contributed by atoms with Crippen molar-refractivity contribution in [2.24, 2.45) is 0 Å². The zero-order chi connectivity index (χ0) is 12.6. The Hall–Kier alpha value is -1.43. The Morgan fingerprint density at radius 1 is 1.00 bits per heavy atom. The number of nitrogens with one attached hydrogen (secondary N) is 3. The van der Waals surface area contributed by atoms with E-state index in [4.69, 9.17) is 0 Å². The highest BCUT2D eigenvalue weighted by molar-refractivity contribution is 5.88. The fourth-order valence-corrected chi connectivity index (χ4v) is 0.824. The number of amides is 2. The van der Waals surface area contributed by atoms with Crippen LogP contribution >= 0.6 is 0 Å². The molecule has 0 radical (unpaired) electrons. The van der Waals surface area contributed by atoms with Gasteiger partial charge in [0.05, 0.1) is 19.6 Å². The van der Waals surface area contributed by atoms with Gasteiger partial charge in [0.1, 0.15) is 5.78 Å². The predicted molar refractivity (Wildman–Crippen MR) is 66.2 cm³/mol. The van der Waals surface area contributed by atoms with Gasteiger partial charge < -0.3 is 16.0 Å². The van der Waals surface area contributed by atoms with E-state index >= 15 is 0 Å². The summed E-state index contributed by atoms with van der Waals surface area (Å²) in [5.41, 5.74) is 0. The summed E-state index contributed by atoms with van der Waals surface area (Å²) in [5.74, 6) is -0.735. The molecule has 0 aromatic heterocycles. The number of carbonyl (C=O) groups is 3. The van der Waals surface area contributed by atoms with Crippen molar-refractivity contribution in [2.45, 2.75) is 26.8 Å². The minimum Gasteiger partial charge on any atom is -0.348 e. The standard InChI is InChI=1S/C10H19N3O3.3H2/c1-7(2)11-5-9(15)13-6-10(16)12-4-8(3)14;;;/h7,11H,4-6H2,1-3H3,(H,12,16)(H,13,15);3*1H. The summed E-state index contributed by atoms with van der Waals surface area (Å²) < 4.78 is 0. The van der Waals surface area contributed by atoms with Crippen molar-refractivity contribution in [3.8, 4) is 0 Å². The minimum absolute atomic E-state index is 0. The molecule has 16 heavy (non-hydrogen) atoms. The smallest absolute Gasteiger partial charge is 0.239 e. The number of Topliss-reactive ketones (excluding diaryl/α,β-unsaturated/α-hetero) is 1. The maximum atomic E-state index is 11.2. The van der Waals surface area contributed by atoms with Gasteiger partial charge in [0, 0.05) is 10.3 Å². The topological polar surface area (TPSA) is 87.3 Å². The van der Waals surface area contributed by atoms with Gasteiger partial charge in [0.15, 0.2) is 0 Å². The maximum absolute atomic E-state index is 11.2. The van der Waals surface area contributed by atoms with E-state index in [1.807, 2.05) is 13.8 Å². The highest BCUT2D eigenvalue weighted by atomic mass is 16.2. The zero-order valence-electron chi connectivity index (χ0n) is 9.92. The van der Waals surface area contributed by atoms with Crippen LogP contribution in [0.5, 0.6) is 0 Å². The van der Waals surface area contributed by atoms with Crippen molar-refractivity contribution >= 4 is 17.6 Å². The van der Waals surface area contributed by atoms with Crippen LogP contribution in [0.4, 0.5) is 0 Å². The predicted octanol–water partition coefficient (Wildman–Crippen LogP) is -0.456. The summed E-state index contributed by atoms with van der Waals surface area (Å²) >= 11 is 0. The first-order valence-electron chi connectivity index (χ1n) is 5.18. The molecule has 0 unspecified atom stereocenters. The lowest BCUT2D eigenvalue weighted by atomic mass is 10.4. The van der Waals surface area contributed by atoms with Crippen LogP contribution in [0.3, 0.4) is 0 Å². The molecule has 0 bridgehead atoms. The second-order valence-corrected chi connectivity index (χ2v) is 3.79. The van der Waals surface area contributed by atoms with Crippen LogP contribution in [-0.2, 0) is 14.4 Å². The molecule has 0 fully saturated rings. The van der Waals surface area contributed by atoms with Gasteiger partial charge in [-0.2, -0.15) is 0 Å². The van der Waals surface area contributed by atoms with Gasteiger partial charge in [0.25, 0.3) is 0 Å². The lowest BCUT2D eigenvalue weighted by Crippen LogP contribution is -2.42. The Morgan fingerprint density at radius 3 is 2.00 bits per heavy atom. The van der Waals surface area contributed by atoms with Gasteiger partial charge in [-0.1, -0.05) is 13.8 Å². The molecule has 0 saturated carbocycles. The molecule has 6 nitrogen and oxygen atoms in total. The van der Waals surface area contributed by atoms with Crippen molar-refractivity contribution < 1.29 is 18.7 Å². The van der Waals surface area contributed by atoms with Gasteiger partial charge in [-0.25, -0.2) is 0 Å². The number of carbonyl (C=O) groups excluding carboxylic acids is 3. The Labute approximate surface area is 99.6 Å². The van der Waals surface area contributed by atoms with E-state index in [2.05, 4.69) is 16.0 Å². The SMILES string of the molecule is CC(=O)CNC(=O)CNC(=O)CNC(C)C.[HH].[HH].[HH]. The molecule has 0 saturated heterocycles. The first kappa shape index (κ1) is 14.6. The molecule has 0 aliphatic carbocycles. The van der Waals surface area contributed by atoms with Crippen molar-refractivity contribution in [1.29, 1.82) is 0 Å². The minimum atomic E-state index is -0.368. The van der Waals surface area contributed by atoms with Crippen molar-refractivity contribution in [1.82, 2.24) is 16.0 Å². The van der Waals surface area contributed by atoms with E-state index in [9.17, 15) is 14.4 Å². The molecule has 0 heterocycles. The average Bonchev–Trinajstić information content (AvgIpc) is 2.20. The second-order valence-electron chi connectivity index (χ2n) is 3.79. The molecule has 0 aliphatic rings. The molecule has 3 N–H and O–H groups in total. The third kappa shape index (κ3) is 9.14. The number of hydrogen-bond donors (Lipinski definition) is 3. The van der Waals surface area contributed by atoms with Gasteiger partial charge >= 0.3 is 0 Å². The molecule has 98 valence electrons. The van der Waals surface area contributed by atoms with Gasteiger partial charge in [0.2, 0.25) is 11.8 Å².